The number of nitrogens with one attached hydrogen (secondary N) is 1. The quantitative estimate of drug-likeness (QED) is 0.615. The monoisotopic (exact) mass is 485 g/mol. The van der Waals surface area contributed by atoms with Crippen molar-refractivity contribution < 1.29 is 22.0 Å². The van der Waals surface area contributed by atoms with Gasteiger partial charge < -0.3 is 9.47 Å². The Morgan fingerprint density at radius 2 is 1.71 bits per heavy atom. The van der Waals surface area contributed by atoms with Crippen LogP contribution in [0.4, 0.5) is 14.5 Å². The van der Waals surface area contributed by atoms with Gasteiger partial charge in [-0.05, 0) is 66.9 Å². The molecule has 34 heavy (non-hydrogen) atoms. The van der Waals surface area contributed by atoms with Crippen molar-refractivity contribution in [3.05, 3.63) is 93.9 Å². The van der Waals surface area contributed by atoms with Crippen LogP contribution in [0.2, 0.25) is 0 Å². The Labute approximate surface area is 194 Å². The van der Waals surface area contributed by atoms with Crippen LogP contribution in [0.25, 0.3) is 0 Å². The zero-order valence-corrected chi connectivity index (χ0v) is 18.8. The number of halogens is 2. The number of fused-ring (bicyclic) bond motifs is 4. The van der Waals surface area contributed by atoms with Gasteiger partial charge in [-0.1, -0.05) is 6.07 Å². The second kappa shape index (κ2) is 8.35. The summed E-state index contributed by atoms with van der Waals surface area (Å²) in [6, 6.07) is 13.1. The zero-order chi connectivity index (χ0) is 24.0. The number of sulfonamides is 1. The summed E-state index contributed by atoms with van der Waals surface area (Å²) < 4.78 is 55.8. The second-order valence-electron chi connectivity index (χ2n) is 8.67. The van der Waals surface area contributed by atoms with Gasteiger partial charge in [0.25, 0.3) is 21.5 Å². The van der Waals surface area contributed by atoms with E-state index < -0.39 is 27.2 Å². The molecule has 0 radical (unpaired) electrons. The number of hydrogen-bond acceptors (Lipinski definition) is 4. The Kier molecular flexibility index (Phi) is 5.47. The first-order valence-electron chi connectivity index (χ1n) is 10.8. The maximum Gasteiger partial charge on any atom is 0.275 e. The van der Waals surface area contributed by atoms with Gasteiger partial charge in [0.2, 0.25) is 0 Å². The van der Waals surface area contributed by atoms with Crippen molar-refractivity contribution in [2.24, 2.45) is 5.92 Å². The number of benzene rings is 2. The van der Waals surface area contributed by atoms with E-state index in [2.05, 4.69) is 4.72 Å². The molecule has 3 heterocycles. The topological polar surface area (TPSA) is 88.5 Å². The molecule has 2 aliphatic rings. The molecular formula is C24H21F2N3O4S. The lowest BCUT2D eigenvalue weighted by atomic mass is 9.83. The predicted octanol–water partition coefficient (Wildman–Crippen LogP) is 3.19. The first-order valence-corrected chi connectivity index (χ1v) is 12.3. The van der Waals surface area contributed by atoms with Crippen LogP contribution in [0.3, 0.4) is 0 Å². The highest BCUT2D eigenvalue weighted by Gasteiger charge is 2.37. The van der Waals surface area contributed by atoms with E-state index in [9.17, 15) is 26.8 Å². The van der Waals surface area contributed by atoms with Gasteiger partial charge in [-0.15, -0.1) is 0 Å². The Hall–Kier alpha value is -3.53. The van der Waals surface area contributed by atoms with Crippen LogP contribution in [0.1, 0.15) is 28.4 Å². The predicted molar refractivity (Wildman–Crippen MR) is 121 cm³/mol. The fourth-order valence-corrected chi connectivity index (χ4v) is 5.89. The molecule has 2 aromatic carbocycles. The smallest absolute Gasteiger partial charge is 0.275 e. The SMILES string of the molecule is O=C(c1ccc(F)cc1)N1CC2CC(C1)c1ccc(NS(=O)(=O)c3cccc(F)c3)c(=O)n1C2. The molecule has 2 atom stereocenters. The molecule has 10 heteroatoms. The molecule has 1 saturated heterocycles. The van der Waals surface area contributed by atoms with Crippen LogP contribution in [0.15, 0.2) is 70.4 Å². The fourth-order valence-electron chi connectivity index (χ4n) is 4.80. The van der Waals surface area contributed by atoms with Crippen molar-refractivity contribution in [2.45, 2.75) is 23.8 Å². The molecule has 1 aromatic heterocycles. The summed E-state index contributed by atoms with van der Waals surface area (Å²) in [5.74, 6) is -1.37. The van der Waals surface area contributed by atoms with Gasteiger partial charge >= 0.3 is 0 Å². The third kappa shape index (κ3) is 4.09. The van der Waals surface area contributed by atoms with E-state index in [1.165, 1.54) is 42.5 Å². The molecular weight excluding hydrogens is 464 g/mol. The van der Waals surface area contributed by atoms with E-state index in [1.54, 1.807) is 15.5 Å². The molecule has 2 unspecified atom stereocenters. The van der Waals surface area contributed by atoms with E-state index in [0.29, 0.717) is 25.2 Å². The summed E-state index contributed by atoms with van der Waals surface area (Å²) in [4.78, 5) is 27.5. The van der Waals surface area contributed by atoms with E-state index in [1.807, 2.05) is 0 Å². The van der Waals surface area contributed by atoms with Crippen molar-refractivity contribution in [3.8, 4) is 0 Å². The van der Waals surface area contributed by atoms with Crippen LogP contribution in [0.5, 0.6) is 0 Å². The van der Waals surface area contributed by atoms with Crippen molar-refractivity contribution >= 4 is 21.6 Å². The van der Waals surface area contributed by atoms with Crippen LogP contribution >= 0.6 is 0 Å². The van der Waals surface area contributed by atoms with Gasteiger partial charge in [0.1, 0.15) is 17.3 Å². The third-order valence-corrected chi connectivity index (χ3v) is 7.70. The normalized spacial score (nSPS) is 19.4. The lowest BCUT2D eigenvalue weighted by molar-refractivity contribution is 0.0594. The molecule has 1 N–H and O–H groups in total. The lowest BCUT2D eigenvalue weighted by Gasteiger charge is -2.43. The minimum Gasteiger partial charge on any atom is -0.338 e. The van der Waals surface area contributed by atoms with E-state index in [4.69, 9.17) is 0 Å². The molecule has 3 aromatic rings. The maximum absolute atomic E-state index is 13.5. The van der Waals surface area contributed by atoms with Gasteiger partial charge in [0.05, 0.1) is 4.90 Å². The maximum atomic E-state index is 13.5. The molecule has 0 aliphatic carbocycles. The number of likely N-dealkylation sites (tertiary alicyclic amines) is 1. The van der Waals surface area contributed by atoms with Crippen molar-refractivity contribution in [1.82, 2.24) is 9.47 Å². The standard InChI is InChI=1S/C24H21F2N3O4S/c25-18-6-4-16(5-7-18)23(30)28-12-15-10-17(14-28)22-9-8-21(24(31)29(22)13-15)27-34(32,33)20-3-1-2-19(26)11-20/h1-9,11,15,17,27H,10,12-14H2. The first-order chi connectivity index (χ1) is 16.2. The summed E-state index contributed by atoms with van der Waals surface area (Å²) in [5.41, 5.74) is 0.533. The van der Waals surface area contributed by atoms with E-state index in [0.717, 1.165) is 24.2 Å². The molecule has 0 saturated carbocycles. The molecule has 1 amide bonds. The molecule has 5 rings (SSSR count). The second-order valence-corrected chi connectivity index (χ2v) is 10.3. The Balaban J connectivity index is 1.40. The van der Waals surface area contributed by atoms with Crippen LogP contribution in [-0.2, 0) is 16.6 Å². The van der Waals surface area contributed by atoms with Crippen molar-refractivity contribution in [1.29, 1.82) is 0 Å². The number of amides is 1. The average Bonchev–Trinajstić information content (AvgIpc) is 2.81. The third-order valence-electron chi connectivity index (χ3n) is 6.33. The molecule has 176 valence electrons. The minimum absolute atomic E-state index is 0.0171. The zero-order valence-electron chi connectivity index (χ0n) is 17.9. The molecule has 2 aliphatic heterocycles. The number of hydrogen-bond donors (Lipinski definition) is 1. The van der Waals surface area contributed by atoms with E-state index >= 15 is 0 Å². The summed E-state index contributed by atoms with van der Waals surface area (Å²) in [5, 5.41) is 0. The van der Waals surface area contributed by atoms with Crippen LogP contribution < -0.4 is 10.3 Å². The van der Waals surface area contributed by atoms with Crippen LogP contribution in [-0.4, -0.2) is 36.9 Å². The first kappa shape index (κ1) is 22.3. The summed E-state index contributed by atoms with van der Waals surface area (Å²) in [6.07, 6.45) is 0.807. The number of rotatable bonds is 4. The highest BCUT2D eigenvalue weighted by Crippen LogP contribution is 2.36. The summed E-state index contributed by atoms with van der Waals surface area (Å²) in [6.45, 7) is 1.19. The number of nitrogens with zero attached hydrogens (tertiary/aromatic N) is 2. The largest absolute Gasteiger partial charge is 0.338 e. The number of piperidine rings is 1. The lowest BCUT2D eigenvalue weighted by Crippen LogP contribution is -2.49. The Bertz CT molecular complexity index is 1440. The van der Waals surface area contributed by atoms with Crippen molar-refractivity contribution in [3.63, 3.8) is 0 Å². The van der Waals surface area contributed by atoms with Crippen molar-refractivity contribution in [2.75, 3.05) is 17.8 Å². The highest BCUT2D eigenvalue weighted by atomic mass is 32.2. The van der Waals surface area contributed by atoms with Gasteiger partial charge in [0, 0.05) is 36.8 Å². The van der Waals surface area contributed by atoms with Crippen LogP contribution in [0, 0.1) is 17.6 Å². The molecule has 1 fully saturated rings. The molecule has 7 nitrogen and oxygen atoms in total. The number of anilines is 1. The Morgan fingerprint density at radius 1 is 0.941 bits per heavy atom. The van der Waals surface area contributed by atoms with Gasteiger partial charge in [0.15, 0.2) is 0 Å². The number of carbonyl (C=O) groups is 1. The Morgan fingerprint density at radius 3 is 2.44 bits per heavy atom. The number of pyridine rings is 1. The average molecular weight is 486 g/mol. The highest BCUT2D eigenvalue weighted by molar-refractivity contribution is 7.92. The van der Waals surface area contributed by atoms with E-state index in [-0.39, 0.29) is 28.3 Å². The summed E-state index contributed by atoms with van der Waals surface area (Å²) >= 11 is 0. The summed E-state index contributed by atoms with van der Waals surface area (Å²) in [7, 11) is -4.14. The molecule has 0 spiro atoms. The van der Waals surface area contributed by atoms with Gasteiger partial charge in [-0.2, -0.15) is 0 Å². The van der Waals surface area contributed by atoms with Gasteiger partial charge in [-0.25, -0.2) is 17.2 Å². The fraction of sp³-hybridized carbons (Fsp3) is 0.250. The van der Waals surface area contributed by atoms with Gasteiger partial charge in [-0.3, -0.25) is 14.3 Å². The number of carbonyl (C=O) groups excluding carboxylic acids is 1. The minimum atomic E-state index is -4.14. The molecule has 2 bridgehead atoms. The number of aromatic nitrogens is 1.